The highest BCUT2D eigenvalue weighted by Crippen LogP contribution is 2.45. The molecule has 1 aliphatic carbocycles. The number of hydrogen-bond donors (Lipinski definition) is 2. The maximum atomic E-state index is 12.2. The van der Waals surface area contributed by atoms with Gasteiger partial charge >= 0.3 is 0 Å². The molecule has 100 valence electrons. The number of nitrogens with two attached hydrogens (primary N) is 1. The number of sulfonamides is 1. The van der Waals surface area contributed by atoms with Gasteiger partial charge in [0.25, 0.3) is 0 Å². The van der Waals surface area contributed by atoms with Crippen LogP contribution in [-0.4, -0.2) is 14.5 Å². The van der Waals surface area contributed by atoms with Crippen LogP contribution in [0, 0.1) is 5.41 Å². The quantitative estimate of drug-likeness (QED) is 0.843. The van der Waals surface area contributed by atoms with Crippen LogP contribution in [-0.2, 0) is 10.0 Å². The summed E-state index contributed by atoms with van der Waals surface area (Å²) in [6.07, 6.45) is 0.812. The van der Waals surface area contributed by atoms with Crippen molar-refractivity contribution in [3.05, 3.63) is 22.2 Å². The van der Waals surface area contributed by atoms with Crippen molar-refractivity contribution in [1.29, 1.82) is 0 Å². The first kappa shape index (κ1) is 13.9. The second-order valence-corrected chi connectivity index (χ2v) is 7.61. The lowest BCUT2D eigenvalue weighted by atomic mass is 10.2. The van der Waals surface area contributed by atoms with Crippen LogP contribution < -0.4 is 10.5 Å². The molecule has 0 heterocycles. The van der Waals surface area contributed by atoms with Crippen LogP contribution in [0.3, 0.4) is 0 Å². The summed E-state index contributed by atoms with van der Waals surface area (Å²) in [7, 11) is -3.66. The molecule has 1 aromatic rings. The Morgan fingerprint density at radius 3 is 2.44 bits per heavy atom. The van der Waals surface area contributed by atoms with Crippen molar-refractivity contribution in [2.24, 2.45) is 5.41 Å². The summed E-state index contributed by atoms with van der Waals surface area (Å²) < 4.78 is 26.9. The highest BCUT2D eigenvalue weighted by Gasteiger charge is 2.48. The van der Waals surface area contributed by atoms with Crippen molar-refractivity contribution >= 4 is 38.9 Å². The lowest BCUT2D eigenvalue weighted by Crippen LogP contribution is -2.28. The number of hydrogen-bond acceptors (Lipinski definition) is 3. The van der Waals surface area contributed by atoms with E-state index in [2.05, 4.69) is 4.72 Å². The van der Waals surface area contributed by atoms with E-state index in [-0.39, 0.29) is 32.1 Å². The van der Waals surface area contributed by atoms with Crippen LogP contribution in [0.15, 0.2) is 17.0 Å². The van der Waals surface area contributed by atoms with Crippen LogP contribution in [0.5, 0.6) is 0 Å². The van der Waals surface area contributed by atoms with Crippen LogP contribution in [0.1, 0.15) is 20.3 Å². The fourth-order valence-electron chi connectivity index (χ4n) is 1.68. The summed E-state index contributed by atoms with van der Waals surface area (Å²) in [6, 6.07) is 2.73. The number of nitrogen functional groups attached to an aromatic ring is 1. The minimum atomic E-state index is -3.66. The Morgan fingerprint density at radius 2 is 1.94 bits per heavy atom. The number of rotatable bonds is 3. The maximum absolute atomic E-state index is 12.2. The van der Waals surface area contributed by atoms with Gasteiger partial charge in [-0.05, 0) is 24.0 Å². The minimum Gasteiger partial charge on any atom is -0.396 e. The van der Waals surface area contributed by atoms with E-state index in [9.17, 15) is 8.42 Å². The smallest absolute Gasteiger partial charge is 0.242 e. The molecule has 18 heavy (non-hydrogen) atoms. The molecule has 0 radical (unpaired) electrons. The van der Waals surface area contributed by atoms with E-state index in [0.29, 0.717) is 0 Å². The minimum absolute atomic E-state index is 0.00246. The zero-order chi connectivity index (χ0) is 13.7. The zero-order valence-corrected chi connectivity index (χ0v) is 12.3. The molecule has 0 amide bonds. The van der Waals surface area contributed by atoms with E-state index in [1.807, 2.05) is 13.8 Å². The molecule has 1 saturated carbocycles. The maximum Gasteiger partial charge on any atom is 0.242 e. The third kappa shape index (κ3) is 2.45. The molecule has 1 aromatic carbocycles. The van der Waals surface area contributed by atoms with E-state index in [4.69, 9.17) is 28.9 Å². The summed E-state index contributed by atoms with van der Waals surface area (Å²) in [4.78, 5) is -0.0335. The molecule has 3 N–H and O–H groups in total. The third-order valence-electron chi connectivity index (χ3n) is 3.19. The average Bonchev–Trinajstić information content (AvgIpc) is 2.81. The van der Waals surface area contributed by atoms with Gasteiger partial charge in [0, 0.05) is 6.04 Å². The Bertz CT molecular complexity index is 599. The zero-order valence-electron chi connectivity index (χ0n) is 10.00. The number of nitrogens with one attached hydrogen (secondary N) is 1. The molecule has 2 rings (SSSR count). The number of anilines is 1. The van der Waals surface area contributed by atoms with Gasteiger partial charge in [0.2, 0.25) is 10.0 Å². The molecule has 1 aliphatic rings. The Balaban J connectivity index is 2.34. The fourth-order valence-corrected chi connectivity index (χ4v) is 3.85. The highest BCUT2D eigenvalue weighted by molar-refractivity contribution is 7.89. The van der Waals surface area contributed by atoms with Gasteiger partial charge in [-0.3, -0.25) is 0 Å². The first-order valence-corrected chi connectivity index (χ1v) is 7.65. The van der Waals surface area contributed by atoms with Crippen molar-refractivity contribution in [1.82, 2.24) is 4.72 Å². The molecule has 4 nitrogen and oxygen atoms in total. The van der Waals surface area contributed by atoms with Gasteiger partial charge in [-0.15, -0.1) is 0 Å². The molecule has 0 aliphatic heterocycles. The summed E-state index contributed by atoms with van der Waals surface area (Å²) in [5.41, 5.74) is 5.70. The molecule has 7 heteroatoms. The second-order valence-electron chi connectivity index (χ2n) is 5.14. The monoisotopic (exact) mass is 308 g/mol. The largest absolute Gasteiger partial charge is 0.396 e. The van der Waals surface area contributed by atoms with Crippen molar-refractivity contribution in [3.63, 3.8) is 0 Å². The predicted molar refractivity (Wildman–Crippen MR) is 73.4 cm³/mol. The van der Waals surface area contributed by atoms with Crippen LogP contribution in [0.25, 0.3) is 0 Å². The molecule has 0 bridgehead atoms. The van der Waals surface area contributed by atoms with E-state index in [0.717, 1.165) is 6.42 Å². The molecule has 1 fully saturated rings. The normalized spacial score (nSPS) is 21.9. The summed E-state index contributed by atoms with van der Waals surface area (Å²) in [5.74, 6) is 0. The summed E-state index contributed by atoms with van der Waals surface area (Å²) >= 11 is 11.7. The first-order valence-electron chi connectivity index (χ1n) is 5.41. The first-order chi connectivity index (χ1) is 8.15. The van der Waals surface area contributed by atoms with Gasteiger partial charge in [-0.2, -0.15) is 0 Å². The topological polar surface area (TPSA) is 72.2 Å². The molecule has 1 unspecified atom stereocenters. The lowest BCUT2D eigenvalue weighted by Gasteiger charge is -2.11. The van der Waals surface area contributed by atoms with Crippen molar-refractivity contribution < 1.29 is 8.42 Å². The molecule has 1 atom stereocenters. The van der Waals surface area contributed by atoms with Crippen LogP contribution in [0.4, 0.5) is 5.69 Å². The Morgan fingerprint density at radius 1 is 1.39 bits per heavy atom. The highest BCUT2D eigenvalue weighted by atomic mass is 35.5. The number of benzene rings is 1. The van der Waals surface area contributed by atoms with E-state index >= 15 is 0 Å². The lowest BCUT2D eigenvalue weighted by molar-refractivity contribution is 0.555. The Labute approximate surface area is 117 Å². The SMILES string of the molecule is CC1(C)CC1NS(=O)(=O)c1ccc(Cl)c(N)c1Cl. The number of halogens is 2. The predicted octanol–water partition coefficient (Wildman–Crippen LogP) is 2.65. The molecule has 0 aromatic heterocycles. The molecule has 0 spiro atoms. The van der Waals surface area contributed by atoms with Gasteiger partial charge in [-0.1, -0.05) is 37.0 Å². The average molecular weight is 309 g/mol. The Hall–Kier alpha value is -0.490. The van der Waals surface area contributed by atoms with Gasteiger partial charge in [0.1, 0.15) is 4.90 Å². The fraction of sp³-hybridized carbons (Fsp3) is 0.455. The third-order valence-corrected chi connectivity index (χ3v) is 5.55. The van der Waals surface area contributed by atoms with Gasteiger partial charge < -0.3 is 5.73 Å². The standard InChI is InChI=1S/C11H14Cl2N2O2S/c1-11(2)5-8(11)15-18(16,17)7-4-3-6(12)10(14)9(7)13/h3-4,8,15H,5,14H2,1-2H3. The summed E-state index contributed by atoms with van der Waals surface area (Å²) in [5, 5.41) is 0.208. The van der Waals surface area contributed by atoms with Gasteiger partial charge in [-0.25, -0.2) is 13.1 Å². The van der Waals surface area contributed by atoms with E-state index < -0.39 is 10.0 Å². The Kier molecular flexibility index (Phi) is 3.30. The van der Waals surface area contributed by atoms with Crippen molar-refractivity contribution in [3.8, 4) is 0 Å². The van der Waals surface area contributed by atoms with E-state index in [1.165, 1.54) is 12.1 Å². The van der Waals surface area contributed by atoms with E-state index in [1.54, 1.807) is 0 Å². The van der Waals surface area contributed by atoms with Crippen LogP contribution in [0.2, 0.25) is 10.0 Å². The summed E-state index contributed by atoms with van der Waals surface area (Å²) in [6.45, 7) is 4.00. The molecular formula is C11H14Cl2N2O2S. The van der Waals surface area contributed by atoms with Crippen molar-refractivity contribution in [2.75, 3.05) is 5.73 Å². The van der Waals surface area contributed by atoms with Crippen molar-refractivity contribution in [2.45, 2.75) is 31.2 Å². The van der Waals surface area contributed by atoms with Gasteiger partial charge in [0.15, 0.2) is 0 Å². The second kappa shape index (κ2) is 4.27. The molecule has 0 saturated heterocycles. The molecular weight excluding hydrogens is 295 g/mol. The van der Waals surface area contributed by atoms with Crippen LogP contribution >= 0.6 is 23.2 Å². The van der Waals surface area contributed by atoms with Gasteiger partial charge in [0.05, 0.1) is 15.7 Å².